The van der Waals surface area contributed by atoms with Crippen molar-refractivity contribution in [2.24, 2.45) is 0 Å². The molecule has 0 bridgehead atoms. The van der Waals surface area contributed by atoms with Crippen LogP contribution in [0.1, 0.15) is 0 Å². The van der Waals surface area contributed by atoms with Crippen molar-refractivity contribution in [1.29, 1.82) is 0 Å². The Labute approximate surface area is 142 Å². The molecule has 2 heterocycles. The Morgan fingerprint density at radius 3 is 1.88 bits per heavy atom. The van der Waals surface area contributed by atoms with Gasteiger partial charge in [0.15, 0.2) is 6.29 Å². The zero-order valence-electron chi connectivity index (χ0n) is 13.0. The molecule has 2 aliphatic rings. The minimum absolute atomic E-state index is 0.518. The van der Waals surface area contributed by atoms with Gasteiger partial charge in [-0.3, -0.25) is 0 Å². The van der Waals surface area contributed by atoms with Crippen molar-refractivity contribution in [2.45, 2.75) is 59.7 Å². The van der Waals surface area contributed by atoms with E-state index >= 15 is 0 Å². The highest BCUT2D eigenvalue weighted by Crippen LogP contribution is 2.37. The Bertz CT molecular complexity index is 397. The van der Waals surface area contributed by atoms with Crippen LogP contribution in [-0.4, -0.2) is 116 Å². The summed E-state index contributed by atoms with van der Waals surface area (Å²) < 4.78 is 15.8. The van der Waals surface area contributed by atoms with Gasteiger partial charge in [0.2, 0.25) is 0 Å². The van der Waals surface area contributed by atoms with E-state index in [1.165, 1.54) is 7.11 Å². The van der Waals surface area contributed by atoms with Crippen LogP contribution in [0, 0.1) is 0 Å². The fourth-order valence-corrected chi connectivity index (χ4v) is 4.19. The van der Waals surface area contributed by atoms with E-state index in [0.29, 0.717) is 0 Å². The molecule has 10 nitrogen and oxygen atoms in total. The first-order chi connectivity index (χ1) is 11.3. The normalized spacial score (nSPS) is 50.0. The third-order valence-electron chi connectivity index (χ3n) is 4.20. The van der Waals surface area contributed by atoms with Crippen molar-refractivity contribution in [3.05, 3.63) is 0 Å². The zero-order chi connectivity index (χ0) is 18.0. The molecule has 1 unspecified atom stereocenters. The van der Waals surface area contributed by atoms with Crippen LogP contribution in [0.15, 0.2) is 0 Å². The van der Waals surface area contributed by atoms with E-state index in [4.69, 9.17) is 19.3 Å². The molecule has 11 heteroatoms. The molecular formula is C13H24O10S. The maximum absolute atomic E-state index is 10.3. The molecular weight excluding hydrogens is 348 g/mol. The summed E-state index contributed by atoms with van der Waals surface area (Å²) in [4.78, 5) is 0. The van der Waals surface area contributed by atoms with Gasteiger partial charge in [0.05, 0.1) is 24.6 Å². The average Bonchev–Trinajstić information content (AvgIpc) is 2.59. The SMILES string of the molecule is COC1O[C@H](CO)[C@@H](O)[C@H](O)[C@H]1S[C@@H]1O[C@H](CO)[C@@H](O)[C@H](O)[C@H]1O. The van der Waals surface area contributed by atoms with Crippen LogP contribution >= 0.6 is 11.8 Å². The molecule has 0 spiro atoms. The van der Waals surface area contributed by atoms with Gasteiger partial charge in [-0.2, -0.15) is 0 Å². The largest absolute Gasteiger partial charge is 0.394 e. The molecule has 0 aliphatic carbocycles. The van der Waals surface area contributed by atoms with Crippen LogP contribution in [0.5, 0.6) is 0 Å². The third kappa shape index (κ3) is 3.86. The van der Waals surface area contributed by atoms with Crippen molar-refractivity contribution in [1.82, 2.24) is 0 Å². The zero-order valence-corrected chi connectivity index (χ0v) is 13.8. The van der Waals surface area contributed by atoms with E-state index in [0.717, 1.165) is 11.8 Å². The minimum atomic E-state index is -1.55. The number of methoxy groups -OCH3 is 1. The summed E-state index contributed by atoms with van der Waals surface area (Å²) in [5, 5.41) is 67.3. The fraction of sp³-hybridized carbons (Fsp3) is 1.00. The van der Waals surface area contributed by atoms with E-state index in [9.17, 15) is 30.6 Å². The Balaban J connectivity index is 2.12. The lowest BCUT2D eigenvalue weighted by Crippen LogP contribution is -2.61. The van der Waals surface area contributed by atoms with Gasteiger partial charge in [-0.1, -0.05) is 0 Å². The number of hydrogen-bond donors (Lipinski definition) is 7. The summed E-state index contributed by atoms with van der Waals surface area (Å²) in [6.07, 6.45) is -10.4. The van der Waals surface area contributed by atoms with Gasteiger partial charge in [-0.15, -0.1) is 11.8 Å². The Morgan fingerprint density at radius 1 is 0.792 bits per heavy atom. The second-order valence-electron chi connectivity index (χ2n) is 5.74. The molecule has 142 valence electrons. The Morgan fingerprint density at radius 2 is 1.33 bits per heavy atom. The Kier molecular flexibility index (Phi) is 7.22. The number of rotatable bonds is 5. The highest BCUT2D eigenvalue weighted by molar-refractivity contribution is 8.00. The predicted octanol–water partition coefficient (Wildman–Crippen LogP) is -4.03. The topological polar surface area (TPSA) is 169 Å². The second kappa shape index (κ2) is 8.56. The lowest BCUT2D eigenvalue weighted by Gasteiger charge is -2.45. The van der Waals surface area contributed by atoms with Crippen LogP contribution in [-0.2, 0) is 14.2 Å². The number of aliphatic hydroxyl groups excluding tert-OH is 7. The van der Waals surface area contributed by atoms with Crippen molar-refractivity contribution < 1.29 is 50.0 Å². The molecule has 0 radical (unpaired) electrons. The average molecular weight is 372 g/mol. The van der Waals surface area contributed by atoms with Gasteiger partial charge in [0, 0.05) is 7.11 Å². The van der Waals surface area contributed by atoms with Crippen LogP contribution < -0.4 is 0 Å². The molecule has 10 atom stereocenters. The molecule has 0 saturated carbocycles. The highest BCUT2D eigenvalue weighted by Gasteiger charge is 2.50. The second-order valence-corrected chi connectivity index (χ2v) is 7.02. The maximum Gasteiger partial charge on any atom is 0.172 e. The van der Waals surface area contributed by atoms with E-state index < -0.39 is 72.9 Å². The van der Waals surface area contributed by atoms with Crippen LogP contribution in [0.2, 0.25) is 0 Å². The van der Waals surface area contributed by atoms with E-state index in [1.807, 2.05) is 0 Å². The number of thioether (sulfide) groups is 1. The van der Waals surface area contributed by atoms with Crippen molar-refractivity contribution >= 4 is 11.8 Å². The van der Waals surface area contributed by atoms with Gasteiger partial charge in [-0.25, -0.2) is 0 Å². The molecule has 2 aliphatic heterocycles. The standard InChI is InChI=1S/C13H24O10S/c1-21-12-11(9(19)7(17)4(2-14)22-12)24-13-10(20)8(18)6(16)5(3-15)23-13/h4-20H,2-3H2,1H3/t4-,5-,6-,7-,8+,9+,10-,11-,12?,13+/m1/s1. The number of ether oxygens (including phenoxy) is 3. The third-order valence-corrected chi connectivity index (χ3v) is 5.67. The van der Waals surface area contributed by atoms with Gasteiger partial charge in [0.1, 0.15) is 42.1 Å². The summed E-state index contributed by atoms with van der Waals surface area (Å²) in [5.74, 6) is 0. The molecule has 0 amide bonds. The van der Waals surface area contributed by atoms with Crippen molar-refractivity contribution in [3.8, 4) is 0 Å². The number of aliphatic hydroxyl groups is 7. The summed E-state index contributed by atoms with van der Waals surface area (Å²) in [6.45, 7) is -1.09. The van der Waals surface area contributed by atoms with Crippen LogP contribution in [0.4, 0.5) is 0 Å². The fourth-order valence-electron chi connectivity index (χ4n) is 2.73. The van der Waals surface area contributed by atoms with E-state index in [1.54, 1.807) is 0 Å². The first kappa shape index (κ1) is 20.3. The maximum atomic E-state index is 10.3. The van der Waals surface area contributed by atoms with Crippen molar-refractivity contribution in [2.75, 3.05) is 20.3 Å². The monoisotopic (exact) mass is 372 g/mol. The van der Waals surface area contributed by atoms with Gasteiger partial charge in [-0.05, 0) is 0 Å². The highest BCUT2D eigenvalue weighted by atomic mass is 32.2. The lowest BCUT2D eigenvalue weighted by atomic mass is 10.0. The lowest BCUT2D eigenvalue weighted by molar-refractivity contribution is -0.245. The first-order valence-corrected chi connectivity index (χ1v) is 8.41. The van der Waals surface area contributed by atoms with E-state index in [-0.39, 0.29) is 0 Å². The summed E-state index contributed by atoms with van der Waals surface area (Å²) in [5.41, 5.74) is -1.11. The molecule has 0 aromatic carbocycles. The van der Waals surface area contributed by atoms with E-state index in [2.05, 4.69) is 0 Å². The molecule has 2 rings (SSSR count). The quantitative estimate of drug-likeness (QED) is 0.251. The van der Waals surface area contributed by atoms with Gasteiger partial charge >= 0.3 is 0 Å². The molecule has 24 heavy (non-hydrogen) atoms. The summed E-state index contributed by atoms with van der Waals surface area (Å²) in [6, 6.07) is 0. The van der Waals surface area contributed by atoms with Gasteiger partial charge in [0.25, 0.3) is 0 Å². The minimum Gasteiger partial charge on any atom is -0.394 e. The molecule has 2 fully saturated rings. The summed E-state index contributed by atoms with van der Waals surface area (Å²) in [7, 11) is 1.31. The smallest absolute Gasteiger partial charge is 0.172 e. The Hall–Kier alpha value is -0.0500. The van der Waals surface area contributed by atoms with Gasteiger partial charge < -0.3 is 50.0 Å². The van der Waals surface area contributed by atoms with Crippen LogP contribution in [0.3, 0.4) is 0 Å². The molecule has 0 aromatic heterocycles. The first-order valence-electron chi connectivity index (χ1n) is 7.46. The molecule has 0 aromatic rings. The van der Waals surface area contributed by atoms with Crippen LogP contribution in [0.25, 0.3) is 0 Å². The molecule has 2 saturated heterocycles. The predicted molar refractivity (Wildman–Crippen MR) is 79.9 cm³/mol. The number of hydrogen-bond acceptors (Lipinski definition) is 11. The summed E-state index contributed by atoms with van der Waals surface area (Å²) >= 11 is 0.835. The van der Waals surface area contributed by atoms with Crippen molar-refractivity contribution in [3.63, 3.8) is 0 Å². The molecule has 7 N–H and O–H groups in total.